The van der Waals surface area contributed by atoms with Crippen LogP contribution in [-0.2, 0) is 0 Å². The molecule has 0 aromatic carbocycles. The minimum absolute atomic E-state index is 0.116. The van der Waals surface area contributed by atoms with Crippen molar-refractivity contribution in [3.63, 3.8) is 0 Å². The molecule has 1 N–H and O–H groups in total. The Kier molecular flexibility index (Phi) is 4.51. The van der Waals surface area contributed by atoms with E-state index in [0.29, 0.717) is 5.65 Å². The standard InChI is InChI=1S/C17H21N3O2/c21-16(19-13-8-4-2-1-3-5-9-13)14-12-18-15-10-6-7-11-20(15)17(14)22/h6-7,10-13H,1-5,8-9H2,(H,19,21). The monoisotopic (exact) mass is 299 g/mol. The summed E-state index contributed by atoms with van der Waals surface area (Å²) in [7, 11) is 0. The molecule has 2 aromatic heterocycles. The quantitative estimate of drug-likeness (QED) is 0.927. The Morgan fingerprint density at radius 1 is 1.14 bits per heavy atom. The highest BCUT2D eigenvalue weighted by Crippen LogP contribution is 2.17. The first-order valence-electron chi connectivity index (χ1n) is 8.03. The molecule has 0 saturated heterocycles. The first kappa shape index (κ1) is 14.8. The lowest BCUT2D eigenvalue weighted by Gasteiger charge is -2.20. The van der Waals surface area contributed by atoms with Gasteiger partial charge in [0.15, 0.2) is 0 Å². The molecule has 1 aliphatic rings. The second-order valence-corrected chi connectivity index (χ2v) is 5.92. The van der Waals surface area contributed by atoms with Gasteiger partial charge < -0.3 is 5.32 Å². The van der Waals surface area contributed by atoms with Crippen LogP contribution in [0.5, 0.6) is 0 Å². The normalized spacial score (nSPS) is 16.9. The van der Waals surface area contributed by atoms with E-state index in [4.69, 9.17) is 0 Å². The minimum Gasteiger partial charge on any atom is -0.349 e. The van der Waals surface area contributed by atoms with Gasteiger partial charge in [-0.25, -0.2) is 4.98 Å². The van der Waals surface area contributed by atoms with Gasteiger partial charge in [0.05, 0.1) is 0 Å². The molecular formula is C17H21N3O2. The average Bonchev–Trinajstić information content (AvgIpc) is 2.50. The summed E-state index contributed by atoms with van der Waals surface area (Å²) in [6.07, 6.45) is 11.0. The summed E-state index contributed by atoms with van der Waals surface area (Å²) in [4.78, 5) is 29.0. The first-order chi connectivity index (χ1) is 10.8. The van der Waals surface area contributed by atoms with Crippen molar-refractivity contribution in [2.75, 3.05) is 0 Å². The molecule has 1 fully saturated rings. The molecule has 116 valence electrons. The summed E-state index contributed by atoms with van der Waals surface area (Å²) in [6.45, 7) is 0. The van der Waals surface area contributed by atoms with Crippen LogP contribution in [0.2, 0.25) is 0 Å². The molecule has 2 heterocycles. The second kappa shape index (κ2) is 6.73. The van der Waals surface area contributed by atoms with Crippen molar-refractivity contribution in [2.45, 2.75) is 51.0 Å². The van der Waals surface area contributed by atoms with E-state index in [1.54, 1.807) is 18.3 Å². The van der Waals surface area contributed by atoms with Gasteiger partial charge in [-0.1, -0.05) is 38.2 Å². The lowest BCUT2D eigenvalue weighted by molar-refractivity contribution is 0.0928. The van der Waals surface area contributed by atoms with Crippen LogP contribution in [0, 0.1) is 0 Å². The molecule has 0 spiro atoms. The van der Waals surface area contributed by atoms with E-state index in [9.17, 15) is 9.59 Å². The van der Waals surface area contributed by atoms with Gasteiger partial charge in [0.1, 0.15) is 11.2 Å². The maximum absolute atomic E-state index is 12.4. The van der Waals surface area contributed by atoms with Gasteiger partial charge in [0.2, 0.25) is 0 Å². The Balaban J connectivity index is 1.79. The number of fused-ring (bicyclic) bond motifs is 1. The molecule has 1 saturated carbocycles. The van der Waals surface area contributed by atoms with E-state index in [1.165, 1.54) is 29.9 Å². The molecule has 0 bridgehead atoms. The molecule has 3 rings (SSSR count). The summed E-state index contributed by atoms with van der Waals surface area (Å²) in [5.74, 6) is -0.304. The lowest BCUT2D eigenvalue weighted by Crippen LogP contribution is -2.38. The summed E-state index contributed by atoms with van der Waals surface area (Å²) < 4.78 is 1.41. The van der Waals surface area contributed by atoms with Crippen molar-refractivity contribution < 1.29 is 4.79 Å². The maximum atomic E-state index is 12.4. The molecule has 22 heavy (non-hydrogen) atoms. The van der Waals surface area contributed by atoms with Gasteiger partial charge in [0, 0.05) is 18.4 Å². The number of amides is 1. The van der Waals surface area contributed by atoms with Crippen LogP contribution in [0.15, 0.2) is 35.4 Å². The third-order valence-corrected chi connectivity index (χ3v) is 4.30. The van der Waals surface area contributed by atoms with Crippen LogP contribution in [0.1, 0.15) is 55.3 Å². The van der Waals surface area contributed by atoms with E-state index in [-0.39, 0.29) is 23.1 Å². The van der Waals surface area contributed by atoms with Gasteiger partial charge in [-0.05, 0) is 25.0 Å². The fraction of sp³-hybridized carbons (Fsp3) is 0.471. The summed E-state index contributed by atoms with van der Waals surface area (Å²) in [6, 6.07) is 5.49. The zero-order valence-electron chi connectivity index (χ0n) is 12.6. The van der Waals surface area contributed by atoms with E-state index in [1.807, 2.05) is 6.07 Å². The van der Waals surface area contributed by atoms with E-state index >= 15 is 0 Å². The Labute approximate surface area is 129 Å². The van der Waals surface area contributed by atoms with Crippen molar-refractivity contribution >= 4 is 11.6 Å². The number of carbonyl (C=O) groups excluding carboxylic acids is 1. The van der Waals surface area contributed by atoms with Crippen LogP contribution >= 0.6 is 0 Å². The predicted octanol–water partition coefficient (Wildman–Crippen LogP) is 2.54. The molecule has 1 amide bonds. The number of pyridine rings is 1. The van der Waals surface area contributed by atoms with Gasteiger partial charge in [-0.15, -0.1) is 0 Å². The molecule has 0 atom stereocenters. The zero-order chi connectivity index (χ0) is 15.4. The third kappa shape index (κ3) is 3.18. The fourth-order valence-electron chi connectivity index (χ4n) is 3.05. The molecule has 1 aliphatic carbocycles. The molecular weight excluding hydrogens is 278 g/mol. The fourth-order valence-corrected chi connectivity index (χ4v) is 3.05. The van der Waals surface area contributed by atoms with Gasteiger partial charge >= 0.3 is 0 Å². The van der Waals surface area contributed by atoms with E-state index < -0.39 is 0 Å². The van der Waals surface area contributed by atoms with Gasteiger partial charge in [0.25, 0.3) is 11.5 Å². The second-order valence-electron chi connectivity index (χ2n) is 5.92. The summed E-state index contributed by atoms with van der Waals surface area (Å²) >= 11 is 0. The number of carbonyl (C=O) groups is 1. The molecule has 0 unspecified atom stereocenters. The summed E-state index contributed by atoms with van der Waals surface area (Å²) in [5, 5.41) is 3.02. The number of aromatic nitrogens is 2. The highest BCUT2D eigenvalue weighted by Gasteiger charge is 2.18. The number of nitrogens with zero attached hydrogens (tertiary/aromatic N) is 2. The lowest BCUT2D eigenvalue weighted by atomic mass is 9.96. The Bertz CT molecular complexity index is 715. The molecule has 5 nitrogen and oxygen atoms in total. The Morgan fingerprint density at radius 2 is 1.86 bits per heavy atom. The number of rotatable bonds is 2. The van der Waals surface area contributed by atoms with Crippen LogP contribution in [0.3, 0.4) is 0 Å². The van der Waals surface area contributed by atoms with Crippen LogP contribution < -0.4 is 10.9 Å². The smallest absolute Gasteiger partial charge is 0.270 e. The highest BCUT2D eigenvalue weighted by molar-refractivity contribution is 5.93. The topological polar surface area (TPSA) is 63.5 Å². The number of nitrogens with one attached hydrogen (secondary N) is 1. The SMILES string of the molecule is O=C(NC1CCCCCCC1)c1cnc2ccccn2c1=O. The van der Waals surface area contributed by atoms with Crippen molar-refractivity contribution in [3.05, 3.63) is 46.5 Å². The zero-order valence-corrected chi connectivity index (χ0v) is 12.6. The third-order valence-electron chi connectivity index (χ3n) is 4.30. The summed E-state index contributed by atoms with van der Waals surface area (Å²) in [5.41, 5.74) is 0.356. The van der Waals surface area contributed by atoms with Gasteiger partial charge in [-0.2, -0.15) is 0 Å². The number of hydrogen-bond acceptors (Lipinski definition) is 3. The number of hydrogen-bond donors (Lipinski definition) is 1. The average molecular weight is 299 g/mol. The van der Waals surface area contributed by atoms with Crippen molar-refractivity contribution in [1.82, 2.24) is 14.7 Å². The van der Waals surface area contributed by atoms with Gasteiger partial charge in [-0.3, -0.25) is 14.0 Å². The first-order valence-corrected chi connectivity index (χ1v) is 8.03. The Morgan fingerprint density at radius 3 is 2.64 bits per heavy atom. The maximum Gasteiger partial charge on any atom is 0.270 e. The van der Waals surface area contributed by atoms with Crippen LogP contribution in [0.4, 0.5) is 0 Å². The Hall–Kier alpha value is -2.17. The minimum atomic E-state index is -0.311. The van der Waals surface area contributed by atoms with Crippen molar-refractivity contribution in [2.24, 2.45) is 0 Å². The molecule has 0 aliphatic heterocycles. The predicted molar refractivity (Wildman–Crippen MR) is 85.0 cm³/mol. The van der Waals surface area contributed by atoms with E-state index in [0.717, 1.165) is 25.7 Å². The molecule has 5 heteroatoms. The largest absolute Gasteiger partial charge is 0.349 e. The van der Waals surface area contributed by atoms with E-state index in [2.05, 4.69) is 10.3 Å². The van der Waals surface area contributed by atoms with Crippen LogP contribution in [-0.4, -0.2) is 21.3 Å². The highest BCUT2D eigenvalue weighted by atomic mass is 16.2. The molecule has 0 radical (unpaired) electrons. The molecule has 2 aromatic rings. The van der Waals surface area contributed by atoms with Crippen molar-refractivity contribution in [3.8, 4) is 0 Å². The van der Waals surface area contributed by atoms with Crippen molar-refractivity contribution in [1.29, 1.82) is 0 Å². The van der Waals surface area contributed by atoms with Crippen LogP contribution in [0.25, 0.3) is 5.65 Å².